The van der Waals surface area contributed by atoms with Crippen molar-refractivity contribution in [1.82, 2.24) is 4.90 Å². The topological polar surface area (TPSA) is 20.3 Å². The first-order valence-electron chi connectivity index (χ1n) is 5.45. The summed E-state index contributed by atoms with van der Waals surface area (Å²) in [6.07, 6.45) is 6.79. The summed E-state index contributed by atoms with van der Waals surface area (Å²) in [5, 5.41) is 0. The normalized spacial score (nSPS) is 30.3. The van der Waals surface area contributed by atoms with E-state index in [2.05, 4.69) is 18.7 Å². The van der Waals surface area contributed by atoms with Gasteiger partial charge in [0.25, 0.3) is 0 Å². The summed E-state index contributed by atoms with van der Waals surface area (Å²) in [7, 11) is 0. The highest BCUT2D eigenvalue weighted by Gasteiger charge is 2.23. The molecule has 0 bridgehead atoms. The SMILES string of the molecule is CC1CCCC(C)N1CCCC=O. The van der Waals surface area contributed by atoms with E-state index >= 15 is 0 Å². The molecule has 2 atom stereocenters. The van der Waals surface area contributed by atoms with Crippen LogP contribution in [0.25, 0.3) is 0 Å². The van der Waals surface area contributed by atoms with E-state index in [1.54, 1.807) is 0 Å². The van der Waals surface area contributed by atoms with Gasteiger partial charge in [-0.15, -0.1) is 0 Å². The highest BCUT2D eigenvalue weighted by atomic mass is 16.1. The highest BCUT2D eigenvalue weighted by Crippen LogP contribution is 2.22. The molecule has 1 heterocycles. The van der Waals surface area contributed by atoms with E-state index in [9.17, 15) is 4.79 Å². The molecule has 1 rings (SSSR count). The highest BCUT2D eigenvalue weighted by molar-refractivity contribution is 5.49. The molecule has 1 fully saturated rings. The van der Waals surface area contributed by atoms with Gasteiger partial charge < -0.3 is 4.79 Å². The van der Waals surface area contributed by atoms with Crippen LogP contribution in [0.1, 0.15) is 46.0 Å². The number of carbonyl (C=O) groups is 1. The number of hydrogen-bond donors (Lipinski definition) is 0. The zero-order chi connectivity index (χ0) is 9.68. The zero-order valence-electron chi connectivity index (χ0n) is 8.83. The minimum Gasteiger partial charge on any atom is -0.303 e. The van der Waals surface area contributed by atoms with Crippen molar-refractivity contribution < 1.29 is 4.79 Å². The third-order valence-electron chi connectivity index (χ3n) is 3.11. The Morgan fingerprint density at radius 2 is 1.92 bits per heavy atom. The first-order valence-corrected chi connectivity index (χ1v) is 5.45. The number of unbranched alkanes of at least 4 members (excludes halogenated alkanes) is 1. The maximum atomic E-state index is 10.2. The van der Waals surface area contributed by atoms with E-state index in [-0.39, 0.29) is 0 Å². The molecular weight excluding hydrogens is 162 g/mol. The van der Waals surface area contributed by atoms with Crippen LogP contribution in [0.5, 0.6) is 0 Å². The fraction of sp³-hybridized carbons (Fsp3) is 0.909. The van der Waals surface area contributed by atoms with Crippen molar-refractivity contribution in [2.45, 2.75) is 58.0 Å². The van der Waals surface area contributed by atoms with Crippen LogP contribution in [0, 0.1) is 0 Å². The molecule has 1 aliphatic heterocycles. The van der Waals surface area contributed by atoms with Crippen molar-refractivity contribution >= 4 is 6.29 Å². The molecule has 76 valence electrons. The molecule has 0 radical (unpaired) electrons. The zero-order valence-corrected chi connectivity index (χ0v) is 8.83. The number of carbonyl (C=O) groups excluding carboxylic acids is 1. The molecule has 2 heteroatoms. The number of piperidine rings is 1. The second-order valence-electron chi connectivity index (χ2n) is 4.18. The van der Waals surface area contributed by atoms with Crippen LogP contribution in [-0.2, 0) is 4.79 Å². The number of hydrogen-bond acceptors (Lipinski definition) is 2. The molecule has 1 aliphatic rings. The molecule has 0 aromatic heterocycles. The van der Waals surface area contributed by atoms with Gasteiger partial charge in [-0.2, -0.15) is 0 Å². The maximum absolute atomic E-state index is 10.2. The summed E-state index contributed by atoms with van der Waals surface area (Å²) in [4.78, 5) is 12.7. The maximum Gasteiger partial charge on any atom is 0.120 e. The fourth-order valence-electron chi connectivity index (χ4n) is 2.27. The lowest BCUT2D eigenvalue weighted by molar-refractivity contribution is -0.108. The Bertz CT molecular complexity index is 148. The van der Waals surface area contributed by atoms with Crippen LogP contribution in [0.15, 0.2) is 0 Å². The fourth-order valence-corrected chi connectivity index (χ4v) is 2.27. The number of rotatable bonds is 4. The Morgan fingerprint density at radius 3 is 2.46 bits per heavy atom. The molecular formula is C11H21NO. The molecule has 0 N–H and O–H groups in total. The summed E-state index contributed by atoms with van der Waals surface area (Å²) in [6, 6.07) is 1.44. The first kappa shape index (κ1) is 10.7. The summed E-state index contributed by atoms with van der Waals surface area (Å²) >= 11 is 0. The molecule has 2 nitrogen and oxygen atoms in total. The van der Waals surface area contributed by atoms with Crippen molar-refractivity contribution in [1.29, 1.82) is 0 Å². The Labute approximate surface area is 81.3 Å². The van der Waals surface area contributed by atoms with Gasteiger partial charge in [-0.1, -0.05) is 6.42 Å². The second-order valence-corrected chi connectivity index (χ2v) is 4.18. The van der Waals surface area contributed by atoms with Crippen LogP contribution in [0.2, 0.25) is 0 Å². The lowest BCUT2D eigenvalue weighted by Gasteiger charge is -2.38. The Hall–Kier alpha value is -0.370. The molecule has 0 aliphatic carbocycles. The standard InChI is InChI=1S/C11H21NO/c1-10-6-5-7-11(2)12(10)8-3-4-9-13/h9-11H,3-8H2,1-2H3. The third-order valence-corrected chi connectivity index (χ3v) is 3.11. The van der Waals surface area contributed by atoms with Crippen molar-refractivity contribution in [2.75, 3.05) is 6.54 Å². The Kier molecular flexibility index (Phi) is 4.43. The molecule has 13 heavy (non-hydrogen) atoms. The lowest BCUT2D eigenvalue weighted by atomic mass is 9.97. The van der Waals surface area contributed by atoms with E-state index < -0.39 is 0 Å². The van der Waals surface area contributed by atoms with Gasteiger partial charge in [-0.3, -0.25) is 4.90 Å². The monoisotopic (exact) mass is 183 g/mol. The van der Waals surface area contributed by atoms with Gasteiger partial charge in [0.2, 0.25) is 0 Å². The summed E-state index contributed by atoms with van der Waals surface area (Å²) < 4.78 is 0. The summed E-state index contributed by atoms with van der Waals surface area (Å²) in [6.45, 7) is 5.70. The van der Waals surface area contributed by atoms with Crippen LogP contribution in [-0.4, -0.2) is 29.8 Å². The number of nitrogens with zero attached hydrogens (tertiary/aromatic N) is 1. The van der Waals surface area contributed by atoms with Crippen molar-refractivity contribution in [2.24, 2.45) is 0 Å². The number of likely N-dealkylation sites (tertiary alicyclic amines) is 1. The van der Waals surface area contributed by atoms with Crippen molar-refractivity contribution in [3.63, 3.8) is 0 Å². The van der Waals surface area contributed by atoms with E-state index in [0.717, 1.165) is 37.8 Å². The largest absolute Gasteiger partial charge is 0.303 e. The Morgan fingerprint density at radius 1 is 1.31 bits per heavy atom. The molecule has 0 saturated carbocycles. The molecule has 1 saturated heterocycles. The second kappa shape index (κ2) is 5.38. The molecule has 2 unspecified atom stereocenters. The average Bonchev–Trinajstić information content (AvgIpc) is 2.10. The van der Waals surface area contributed by atoms with E-state index in [1.807, 2.05) is 0 Å². The van der Waals surface area contributed by atoms with Crippen LogP contribution in [0.3, 0.4) is 0 Å². The van der Waals surface area contributed by atoms with Gasteiger partial charge in [-0.25, -0.2) is 0 Å². The van der Waals surface area contributed by atoms with Gasteiger partial charge in [0.15, 0.2) is 0 Å². The van der Waals surface area contributed by atoms with Crippen LogP contribution >= 0.6 is 0 Å². The minimum atomic E-state index is 0.718. The van der Waals surface area contributed by atoms with Crippen LogP contribution in [0.4, 0.5) is 0 Å². The van der Waals surface area contributed by atoms with Gasteiger partial charge in [0.1, 0.15) is 6.29 Å². The van der Waals surface area contributed by atoms with Gasteiger partial charge in [-0.05, 0) is 39.7 Å². The molecule has 0 amide bonds. The van der Waals surface area contributed by atoms with Crippen molar-refractivity contribution in [3.05, 3.63) is 0 Å². The molecule has 0 aromatic carbocycles. The predicted octanol–water partition coefficient (Wildman–Crippen LogP) is 2.23. The van der Waals surface area contributed by atoms with Crippen LogP contribution < -0.4 is 0 Å². The summed E-state index contributed by atoms with van der Waals surface area (Å²) in [5.74, 6) is 0. The third kappa shape index (κ3) is 3.11. The lowest BCUT2D eigenvalue weighted by Crippen LogP contribution is -2.44. The van der Waals surface area contributed by atoms with Gasteiger partial charge in [0.05, 0.1) is 0 Å². The van der Waals surface area contributed by atoms with E-state index in [0.29, 0.717) is 0 Å². The Balaban J connectivity index is 2.30. The van der Waals surface area contributed by atoms with Crippen molar-refractivity contribution in [3.8, 4) is 0 Å². The summed E-state index contributed by atoms with van der Waals surface area (Å²) in [5.41, 5.74) is 0. The smallest absolute Gasteiger partial charge is 0.120 e. The first-order chi connectivity index (χ1) is 6.25. The van der Waals surface area contributed by atoms with Gasteiger partial charge in [0, 0.05) is 18.5 Å². The number of aldehydes is 1. The molecule has 0 aromatic rings. The quantitative estimate of drug-likeness (QED) is 0.492. The average molecular weight is 183 g/mol. The minimum absolute atomic E-state index is 0.718. The van der Waals surface area contributed by atoms with E-state index in [1.165, 1.54) is 19.3 Å². The van der Waals surface area contributed by atoms with Gasteiger partial charge >= 0.3 is 0 Å². The molecule has 0 spiro atoms. The van der Waals surface area contributed by atoms with E-state index in [4.69, 9.17) is 0 Å². The predicted molar refractivity (Wildman–Crippen MR) is 54.8 cm³/mol.